The van der Waals surface area contributed by atoms with Crippen LogP contribution in [0.4, 0.5) is 0 Å². The lowest BCUT2D eigenvalue weighted by molar-refractivity contribution is 0.241. The van der Waals surface area contributed by atoms with Crippen LogP contribution in [0.15, 0.2) is 24.3 Å². The van der Waals surface area contributed by atoms with E-state index < -0.39 is 0 Å². The topological polar surface area (TPSA) is 24.5 Å². The number of nitrogens with zero attached hydrogens (tertiary/aromatic N) is 1. The first-order chi connectivity index (χ1) is 8.35. The molecule has 3 nitrogen and oxygen atoms in total. The zero-order valence-corrected chi connectivity index (χ0v) is 10.8. The molecule has 1 heterocycles. The lowest BCUT2D eigenvalue weighted by Gasteiger charge is -2.28. The summed E-state index contributed by atoms with van der Waals surface area (Å²) in [6, 6.07) is 8.90. The second-order valence-electron chi connectivity index (χ2n) is 4.59. The Hall–Kier alpha value is -1.06. The molecule has 0 amide bonds. The number of likely N-dealkylation sites (N-methyl/N-ethyl adjacent to an activating group) is 1. The Kier molecular flexibility index (Phi) is 4.40. The van der Waals surface area contributed by atoms with Gasteiger partial charge >= 0.3 is 0 Å². The quantitative estimate of drug-likeness (QED) is 0.844. The van der Waals surface area contributed by atoms with Gasteiger partial charge in [0.1, 0.15) is 5.75 Å². The zero-order valence-electron chi connectivity index (χ0n) is 10.8. The first-order valence-corrected chi connectivity index (χ1v) is 6.37. The minimum absolute atomic E-state index is 0.470. The number of hydrogen-bond acceptors (Lipinski definition) is 3. The number of ether oxygens (including phenoxy) is 1. The number of rotatable bonds is 5. The molecule has 1 atom stereocenters. The summed E-state index contributed by atoms with van der Waals surface area (Å²) in [6.45, 7) is 3.42. The summed E-state index contributed by atoms with van der Waals surface area (Å²) in [7, 11) is 3.74. The Labute approximate surface area is 104 Å². The van der Waals surface area contributed by atoms with Crippen molar-refractivity contribution in [2.24, 2.45) is 0 Å². The van der Waals surface area contributed by atoms with Gasteiger partial charge in [-0.05, 0) is 50.7 Å². The van der Waals surface area contributed by atoms with Crippen molar-refractivity contribution < 1.29 is 4.74 Å². The number of nitrogens with one attached hydrogen (secondary N) is 1. The van der Waals surface area contributed by atoms with Crippen molar-refractivity contribution in [3.8, 4) is 5.75 Å². The van der Waals surface area contributed by atoms with Crippen LogP contribution in [0.5, 0.6) is 5.75 Å². The third kappa shape index (κ3) is 2.99. The third-order valence-corrected chi connectivity index (χ3v) is 3.46. The lowest BCUT2D eigenvalue weighted by Crippen LogP contribution is -2.32. The highest BCUT2D eigenvalue weighted by Crippen LogP contribution is 2.26. The van der Waals surface area contributed by atoms with E-state index in [0.717, 1.165) is 12.3 Å². The second kappa shape index (κ2) is 6.03. The lowest BCUT2D eigenvalue weighted by atomic mass is 10.1. The van der Waals surface area contributed by atoms with E-state index in [4.69, 9.17) is 4.74 Å². The smallest absolute Gasteiger partial charge is 0.119 e. The summed E-state index contributed by atoms with van der Waals surface area (Å²) in [5, 5.41) is 3.30. The molecule has 1 fully saturated rings. The number of benzene rings is 1. The van der Waals surface area contributed by atoms with Crippen molar-refractivity contribution in [2.75, 3.05) is 33.8 Å². The van der Waals surface area contributed by atoms with Crippen LogP contribution in [0.1, 0.15) is 24.4 Å². The molecule has 1 saturated heterocycles. The largest absolute Gasteiger partial charge is 0.497 e. The second-order valence-corrected chi connectivity index (χ2v) is 4.59. The third-order valence-electron chi connectivity index (χ3n) is 3.46. The summed E-state index contributed by atoms with van der Waals surface area (Å²) in [5.41, 5.74) is 1.35. The molecule has 0 aliphatic carbocycles. The van der Waals surface area contributed by atoms with E-state index in [1.807, 2.05) is 13.1 Å². The summed E-state index contributed by atoms with van der Waals surface area (Å²) in [6.07, 6.45) is 2.65. The van der Waals surface area contributed by atoms with Gasteiger partial charge in [0.05, 0.1) is 7.11 Å². The van der Waals surface area contributed by atoms with Gasteiger partial charge in [-0.2, -0.15) is 0 Å². The van der Waals surface area contributed by atoms with Gasteiger partial charge in [-0.15, -0.1) is 0 Å². The van der Waals surface area contributed by atoms with Crippen molar-refractivity contribution in [1.29, 1.82) is 0 Å². The SMILES string of the molecule is CNCC(c1cccc(OC)c1)N1CCCC1. The van der Waals surface area contributed by atoms with Crippen LogP contribution in [0, 0.1) is 0 Å². The van der Waals surface area contributed by atoms with Crippen molar-refractivity contribution in [3.63, 3.8) is 0 Å². The van der Waals surface area contributed by atoms with Gasteiger partial charge in [-0.1, -0.05) is 12.1 Å². The molecule has 1 aromatic carbocycles. The maximum atomic E-state index is 5.31. The van der Waals surface area contributed by atoms with Crippen molar-refractivity contribution >= 4 is 0 Å². The van der Waals surface area contributed by atoms with E-state index >= 15 is 0 Å². The van der Waals surface area contributed by atoms with Crippen LogP contribution in [0.25, 0.3) is 0 Å². The van der Waals surface area contributed by atoms with Crippen LogP contribution in [0.2, 0.25) is 0 Å². The Morgan fingerprint density at radius 3 is 2.76 bits per heavy atom. The van der Waals surface area contributed by atoms with E-state index in [1.165, 1.54) is 31.5 Å². The molecule has 94 valence electrons. The van der Waals surface area contributed by atoms with Gasteiger partial charge < -0.3 is 10.1 Å². The molecule has 1 aliphatic heterocycles. The highest BCUT2D eigenvalue weighted by atomic mass is 16.5. The number of likely N-dealkylation sites (tertiary alicyclic amines) is 1. The molecule has 0 spiro atoms. The molecule has 0 radical (unpaired) electrons. The zero-order chi connectivity index (χ0) is 12.1. The molecular formula is C14H22N2O. The van der Waals surface area contributed by atoms with E-state index in [0.29, 0.717) is 6.04 Å². The van der Waals surface area contributed by atoms with Gasteiger partial charge in [0.25, 0.3) is 0 Å². The van der Waals surface area contributed by atoms with Gasteiger partial charge in [0.15, 0.2) is 0 Å². The predicted octanol–water partition coefficient (Wildman–Crippen LogP) is 2.05. The van der Waals surface area contributed by atoms with E-state index in [-0.39, 0.29) is 0 Å². The standard InChI is InChI=1S/C14H22N2O/c1-15-11-14(16-8-3-4-9-16)12-6-5-7-13(10-12)17-2/h5-7,10,14-15H,3-4,8-9,11H2,1-2H3. The van der Waals surface area contributed by atoms with Gasteiger partial charge in [0.2, 0.25) is 0 Å². The van der Waals surface area contributed by atoms with Crippen LogP contribution < -0.4 is 10.1 Å². The number of methoxy groups -OCH3 is 1. The average molecular weight is 234 g/mol. The first kappa shape index (κ1) is 12.4. The van der Waals surface area contributed by atoms with Gasteiger partial charge in [0, 0.05) is 12.6 Å². The fourth-order valence-electron chi connectivity index (χ4n) is 2.55. The Morgan fingerprint density at radius 1 is 1.35 bits per heavy atom. The highest BCUT2D eigenvalue weighted by Gasteiger charge is 2.22. The molecule has 0 bridgehead atoms. The van der Waals surface area contributed by atoms with Crippen molar-refractivity contribution in [2.45, 2.75) is 18.9 Å². The van der Waals surface area contributed by atoms with Crippen molar-refractivity contribution in [1.82, 2.24) is 10.2 Å². The van der Waals surface area contributed by atoms with Crippen LogP contribution >= 0.6 is 0 Å². The van der Waals surface area contributed by atoms with Gasteiger partial charge in [-0.25, -0.2) is 0 Å². The van der Waals surface area contributed by atoms with E-state index in [9.17, 15) is 0 Å². The van der Waals surface area contributed by atoms with Gasteiger partial charge in [-0.3, -0.25) is 4.90 Å². The minimum Gasteiger partial charge on any atom is -0.497 e. The molecule has 1 unspecified atom stereocenters. The minimum atomic E-state index is 0.470. The molecule has 2 rings (SSSR count). The van der Waals surface area contributed by atoms with E-state index in [1.54, 1.807) is 7.11 Å². The van der Waals surface area contributed by atoms with E-state index in [2.05, 4.69) is 28.4 Å². The van der Waals surface area contributed by atoms with Crippen LogP contribution in [-0.2, 0) is 0 Å². The van der Waals surface area contributed by atoms with Crippen LogP contribution in [0.3, 0.4) is 0 Å². The molecule has 17 heavy (non-hydrogen) atoms. The summed E-state index contributed by atoms with van der Waals surface area (Å²) in [4.78, 5) is 2.56. The maximum absolute atomic E-state index is 5.31. The monoisotopic (exact) mass is 234 g/mol. The molecule has 0 saturated carbocycles. The number of hydrogen-bond donors (Lipinski definition) is 1. The Morgan fingerprint density at radius 2 is 2.12 bits per heavy atom. The highest BCUT2D eigenvalue weighted by molar-refractivity contribution is 5.31. The molecule has 1 aliphatic rings. The molecule has 1 N–H and O–H groups in total. The Balaban J connectivity index is 2.18. The Bertz CT molecular complexity index is 348. The fourth-order valence-corrected chi connectivity index (χ4v) is 2.55. The molecule has 3 heteroatoms. The summed E-state index contributed by atoms with van der Waals surface area (Å²) in [5.74, 6) is 0.947. The van der Waals surface area contributed by atoms with Crippen LogP contribution in [-0.4, -0.2) is 38.7 Å². The normalized spacial score (nSPS) is 18.2. The molecular weight excluding hydrogens is 212 g/mol. The maximum Gasteiger partial charge on any atom is 0.119 e. The molecule has 0 aromatic heterocycles. The summed E-state index contributed by atoms with van der Waals surface area (Å²) >= 11 is 0. The predicted molar refractivity (Wildman–Crippen MR) is 70.5 cm³/mol. The average Bonchev–Trinajstić information content (AvgIpc) is 2.89. The van der Waals surface area contributed by atoms with Crippen molar-refractivity contribution in [3.05, 3.63) is 29.8 Å². The first-order valence-electron chi connectivity index (χ1n) is 6.37. The fraction of sp³-hybridized carbons (Fsp3) is 0.571. The summed E-state index contributed by atoms with van der Waals surface area (Å²) < 4.78 is 5.31. The molecule has 1 aromatic rings.